The van der Waals surface area contributed by atoms with Crippen molar-refractivity contribution in [3.05, 3.63) is 23.9 Å². The third-order valence-corrected chi connectivity index (χ3v) is 3.47. The zero-order valence-electron chi connectivity index (χ0n) is 11.7. The molecule has 3 rings (SSSR count). The number of likely N-dealkylation sites (N-methyl/N-ethyl adjacent to an activating group) is 1. The first-order chi connectivity index (χ1) is 9.31. The lowest BCUT2D eigenvalue weighted by Crippen LogP contribution is -2.35. The van der Waals surface area contributed by atoms with Gasteiger partial charge in [0.2, 0.25) is 5.88 Å². The van der Waals surface area contributed by atoms with Crippen molar-refractivity contribution in [2.45, 2.75) is 19.4 Å². The Labute approximate surface area is 136 Å². The third-order valence-electron chi connectivity index (χ3n) is 3.47. The van der Waals surface area contributed by atoms with Crippen molar-refractivity contribution < 1.29 is 4.74 Å². The minimum absolute atomic E-state index is 0. The molecule has 2 aliphatic rings. The molecule has 0 atom stereocenters. The van der Waals surface area contributed by atoms with E-state index in [9.17, 15) is 0 Å². The summed E-state index contributed by atoms with van der Waals surface area (Å²) in [4.78, 5) is 10.8. The van der Waals surface area contributed by atoms with E-state index in [1.807, 2.05) is 19.3 Å². The van der Waals surface area contributed by atoms with Crippen LogP contribution in [-0.2, 0) is 6.54 Å². The Balaban J connectivity index is 0.00000147. The normalized spacial score (nSPS) is 17.4. The van der Waals surface area contributed by atoms with Gasteiger partial charge in [0.25, 0.3) is 0 Å². The van der Waals surface area contributed by atoms with Crippen LogP contribution in [-0.4, -0.2) is 42.6 Å². The van der Waals surface area contributed by atoms with Gasteiger partial charge in [-0.15, -0.1) is 24.0 Å². The second-order valence-electron chi connectivity index (χ2n) is 5.24. The van der Waals surface area contributed by atoms with Gasteiger partial charge in [-0.25, -0.2) is 4.98 Å². The van der Waals surface area contributed by atoms with Gasteiger partial charge in [-0.1, -0.05) is 6.07 Å². The maximum absolute atomic E-state index is 5.62. The summed E-state index contributed by atoms with van der Waals surface area (Å²) < 4.78 is 5.62. The standard InChI is InChI=1S/C14H20N4O.HI/c1-18-7-6-15-14(18)17-9-12-4-5-13(16-8-12)19-10-11-2-3-11;/h4-5,8,11H,2-3,6-7,9-10H2,1H3,(H,15,17);1H. The first-order valence-electron chi connectivity index (χ1n) is 6.88. The van der Waals surface area contributed by atoms with Crippen LogP contribution < -0.4 is 10.1 Å². The Morgan fingerprint density at radius 3 is 2.85 bits per heavy atom. The van der Waals surface area contributed by atoms with E-state index in [1.165, 1.54) is 12.8 Å². The molecule has 0 radical (unpaired) electrons. The highest BCUT2D eigenvalue weighted by Crippen LogP contribution is 2.29. The van der Waals surface area contributed by atoms with Gasteiger partial charge in [0, 0.05) is 32.4 Å². The lowest BCUT2D eigenvalue weighted by atomic mass is 10.3. The predicted octanol–water partition coefficient (Wildman–Crippen LogP) is 1.88. The summed E-state index contributed by atoms with van der Waals surface area (Å²) in [5, 5.41) is 3.32. The molecule has 6 heteroatoms. The molecular formula is C14H21IN4O. The smallest absolute Gasteiger partial charge is 0.213 e. The van der Waals surface area contributed by atoms with Gasteiger partial charge in [0.15, 0.2) is 5.96 Å². The Morgan fingerprint density at radius 2 is 2.25 bits per heavy atom. The summed E-state index contributed by atoms with van der Waals surface area (Å²) >= 11 is 0. The van der Waals surface area contributed by atoms with Crippen LogP contribution in [0.25, 0.3) is 0 Å². The molecule has 1 aromatic heterocycles. The summed E-state index contributed by atoms with van der Waals surface area (Å²) in [6, 6.07) is 4.00. The lowest BCUT2D eigenvalue weighted by Gasteiger charge is -2.15. The SMILES string of the molecule is CN1CCN=C1NCc1ccc(OCC2CC2)nc1.I. The average molecular weight is 388 g/mol. The number of aromatic nitrogens is 1. The number of ether oxygens (including phenoxy) is 1. The van der Waals surface area contributed by atoms with Crippen LogP contribution in [0.4, 0.5) is 0 Å². The van der Waals surface area contributed by atoms with Crippen LogP contribution in [0.2, 0.25) is 0 Å². The molecule has 0 unspecified atom stereocenters. The van der Waals surface area contributed by atoms with E-state index in [0.29, 0.717) is 0 Å². The quantitative estimate of drug-likeness (QED) is 0.783. The van der Waals surface area contributed by atoms with Gasteiger partial charge in [0.1, 0.15) is 0 Å². The van der Waals surface area contributed by atoms with Crippen molar-refractivity contribution in [2.75, 3.05) is 26.7 Å². The highest BCUT2D eigenvalue weighted by molar-refractivity contribution is 14.0. The molecule has 0 aromatic carbocycles. The zero-order chi connectivity index (χ0) is 13.1. The molecule has 1 aliphatic carbocycles. The van der Waals surface area contributed by atoms with E-state index >= 15 is 0 Å². The number of pyridine rings is 1. The van der Waals surface area contributed by atoms with Crippen LogP contribution in [0.15, 0.2) is 23.3 Å². The highest BCUT2D eigenvalue weighted by Gasteiger charge is 2.22. The first-order valence-corrected chi connectivity index (χ1v) is 6.88. The number of rotatable bonds is 5. The fourth-order valence-electron chi connectivity index (χ4n) is 1.99. The van der Waals surface area contributed by atoms with Crippen LogP contribution >= 0.6 is 24.0 Å². The average Bonchev–Trinajstić information content (AvgIpc) is 3.18. The number of aliphatic imine (C=N–C) groups is 1. The van der Waals surface area contributed by atoms with Crippen molar-refractivity contribution >= 4 is 29.9 Å². The predicted molar refractivity (Wildman–Crippen MR) is 89.6 cm³/mol. The summed E-state index contributed by atoms with van der Waals surface area (Å²) in [7, 11) is 2.05. The second kappa shape index (κ2) is 7.10. The monoisotopic (exact) mass is 388 g/mol. The molecule has 0 saturated heterocycles. The van der Waals surface area contributed by atoms with Crippen LogP contribution in [0.5, 0.6) is 5.88 Å². The molecular weight excluding hydrogens is 367 g/mol. The van der Waals surface area contributed by atoms with E-state index < -0.39 is 0 Å². The minimum atomic E-state index is 0. The van der Waals surface area contributed by atoms with Crippen LogP contribution in [0.3, 0.4) is 0 Å². The second-order valence-corrected chi connectivity index (χ2v) is 5.24. The van der Waals surface area contributed by atoms with Gasteiger partial charge in [-0.3, -0.25) is 4.99 Å². The van der Waals surface area contributed by atoms with Crippen molar-refractivity contribution in [3.8, 4) is 5.88 Å². The molecule has 1 aromatic rings. The molecule has 2 heterocycles. The number of guanidine groups is 1. The number of nitrogens with zero attached hydrogens (tertiary/aromatic N) is 3. The molecule has 0 spiro atoms. The minimum Gasteiger partial charge on any atom is -0.477 e. The first kappa shape index (κ1) is 15.3. The lowest BCUT2D eigenvalue weighted by molar-refractivity contribution is 0.288. The Kier molecular flexibility index (Phi) is 5.45. The molecule has 0 bridgehead atoms. The topological polar surface area (TPSA) is 49.8 Å². The summed E-state index contributed by atoms with van der Waals surface area (Å²) in [6.07, 6.45) is 4.47. The van der Waals surface area contributed by atoms with E-state index in [4.69, 9.17) is 4.74 Å². The van der Waals surface area contributed by atoms with Gasteiger partial charge >= 0.3 is 0 Å². The molecule has 0 amide bonds. The Bertz CT molecular complexity index is 459. The van der Waals surface area contributed by atoms with Gasteiger partial charge in [-0.2, -0.15) is 0 Å². The van der Waals surface area contributed by atoms with Crippen LogP contribution in [0.1, 0.15) is 18.4 Å². The van der Waals surface area contributed by atoms with Gasteiger partial charge in [-0.05, 0) is 24.3 Å². The van der Waals surface area contributed by atoms with Gasteiger partial charge < -0.3 is 15.0 Å². The van der Waals surface area contributed by atoms with Crippen molar-refractivity contribution in [3.63, 3.8) is 0 Å². The fraction of sp³-hybridized carbons (Fsp3) is 0.571. The number of halogens is 1. The van der Waals surface area contributed by atoms with E-state index in [-0.39, 0.29) is 24.0 Å². The maximum atomic E-state index is 5.62. The van der Waals surface area contributed by atoms with Crippen molar-refractivity contribution in [2.24, 2.45) is 10.9 Å². The third kappa shape index (κ3) is 4.22. The molecule has 1 saturated carbocycles. The number of nitrogens with one attached hydrogen (secondary N) is 1. The molecule has 110 valence electrons. The molecule has 20 heavy (non-hydrogen) atoms. The van der Waals surface area contributed by atoms with Crippen LogP contribution in [0, 0.1) is 5.92 Å². The highest BCUT2D eigenvalue weighted by atomic mass is 127. The van der Waals surface area contributed by atoms with E-state index in [1.54, 1.807) is 0 Å². The molecule has 1 fully saturated rings. The summed E-state index contributed by atoms with van der Waals surface area (Å²) in [6.45, 7) is 3.44. The van der Waals surface area contributed by atoms with Crippen molar-refractivity contribution in [1.82, 2.24) is 15.2 Å². The summed E-state index contributed by atoms with van der Waals surface area (Å²) in [5.74, 6) is 2.46. The molecule has 5 nitrogen and oxygen atoms in total. The largest absolute Gasteiger partial charge is 0.477 e. The van der Waals surface area contributed by atoms with Gasteiger partial charge in [0.05, 0.1) is 13.2 Å². The summed E-state index contributed by atoms with van der Waals surface area (Å²) in [5.41, 5.74) is 1.14. The Morgan fingerprint density at radius 1 is 1.40 bits per heavy atom. The Hall–Kier alpha value is -1.05. The zero-order valence-corrected chi connectivity index (χ0v) is 14.0. The van der Waals surface area contributed by atoms with E-state index in [0.717, 1.165) is 49.6 Å². The van der Waals surface area contributed by atoms with E-state index in [2.05, 4.69) is 26.3 Å². The maximum Gasteiger partial charge on any atom is 0.213 e. The van der Waals surface area contributed by atoms with Crippen molar-refractivity contribution in [1.29, 1.82) is 0 Å². The molecule has 1 N–H and O–H groups in total. The number of hydrogen-bond acceptors (Lipinski definition) is 5. The number of hydrogen-bond donors (Lipinski definition) is 1. The fourth-order valence-corrected chi connectivity index (χ4v) is 1.99. The molecule has 1 aliphatic heterocycles.